The van der Waals surface area contributed by atoms with Crippen molar-refractivity contribution in [2.75, 3.05) is 0 Å². The Labute approximate surface area is 298 Å². The number of halogens is 9. The van der Waals surface area contributed by atoms with Gasteiger partial charge in [0.2, 0.25) is 0 Å². The summed E-state index contributed by atoms with van der Waals surface area (Å²) in [4.78, 5) is 0. The van der Waals surface area contributed by atoms with Crippen LogP contribution in [-0.4, -0.2) is 9.13 Å². The molecule has 0 bridgehead atoms. The van der Waals surface area contributed by atoms with Crippen LogP contribution in [0.4, 0.5) is 39.5 Å². The molecule has 0 N–H and O–H groups in total. The summed E-state index contributed by atoms with van der Waals surface area (Å²) in [6.45, 7) is 0. The maximum atomic E-state index is 14.4. The fourth-order valence-electron chi connectivity index (χ4n) is 7.14. The van der Waals surface area contributed by atoms with Gasteiger partial charge in [0.25, 0.3) is 0 Å². The van der Waals surface area contributed by atoms with Crippen LogP contribution in [0.1, 0.15) is 27.8 Å². The summed E-state index contributed by atoms with van der Waals surface area (Å²) in [6, 6.07) is 28.3. The molecule has 8 aromatic rings. The van der Waals surface area contributed by atoms with Crippen molar-refractivity contribution in [3.8, 4) is 34.6 Å². The quantitative estimate of drug-likeness (QED) is 0.170. The van der Waals surface area contributed by atoms with Gasteiger partial charge in [-0.1, -0.05) is 36.4 Å². The van der Waals surface area contributed by atoms with Crippen molar-refractivity contribution in [2.45, 2.75) is 18.5 Å². The number of benzene rings is 6. The summed E-state index contributed by atoms with van der Waals surface area (Å²) < 4.78 is 130. The molecule has 266 valence electrons. The summed E-state index contributed by atoms with van der Waals surface area (Å²) >= 11 is 0. The van der Waals surface area contributed by atoms with E-state index in [9.17, 15) is 50.0 Å². The van der Waals surface area contributed by atoms with E-state index in [1.165, 1.54) is 39.5 Å². The van der Waals surface area contributed by atoms with Gasteiger partial charge in [-0.15, -0.1) is 0 Å². The van der Waals surface area contributed by atoms with Gasteiger partial charge in [0.15, 0.2) is 0 Å². The number of aromatic nitrogens is 2. The minimum absolute atomic E-state index is 0.0155. The number of fused-ring (bicyclic) bond motifs is 6. The van der Waals surface area contributed by atoms with Crippen LogP contribution < -0.4 is 0 Å². The Morgan fingerprint density at radius 3 is 1.24 bits per heavy atom. The third kappa shape index (κ3) is 5.48. The molecule has 13 heteroatoms. The van der Waals surface area contributed by atoms with Gasteiger partial charge < -0.3 is 9.13 Å². The first kappa shape index (κ1) is 34.4. The van der Waals surface area contributed by atoms with Crippen molar-refractivity contribution in [2.24, 2.45) is 0 Å². The van der Waals surface area contributed by atoms with Crippen molar-refractivity contribution < 1.29 is 39.5 Å². The summed E-state index contributed by atoms with van der Waals surface area (Å²) in [5, 5.41) is 21.3. The number of rotatable bonds is 3. The Balaban J connectivity index is 1.60. The lowest BCUT2D eigenvalue weighted by Gasteiger charge is -2.22. The second-order valence-corrected chi connectivity index (χ2v) is 12.6. The summed E-state index contributed by atoms with van der Waals surface area (Å²) in [7, 11) is 0. The van der Waals surface area contributed by atoms with E-state index >= 15 is 0 Å². The van der Waals surface area contributed by atoms with Crippen LogP contribution >= 0.6 is 0 Å². The number of para-hydroxylation sites is 2. The molecule has 0 spiro atoms. The first-order valence-electron chi connectivity index (χ1n) is 16.0. The Kier molecular flexibility index (Phi) is 7.57. The monoisotopic (exact) mass is 738 g/mol. The van der Waals surface area contributed by atoms with E-state index in [-0.39, 0.29) is 55.4 Å². The highest BCUT2D eigenvalue weighted by molar-refractivity contribution is 6.12. The zero-order chi connectivity index (χ0) is 38.3. The molecule has 6 aromatic carbocycles. The lowest BCUT2D eigenvalue weighted by Crippen LogP contribution is -2.08. The smallest absolute Gasteiger partial charge is 0.308 e. The van der Waals surface area contributed by atoms with Crippen molar-refractivity contribution >= 4 is 43.6 Å². The lowest BCUT2D eigenvalue weighted by molar-refractivity contribution is -0.138. The Morgan fingerprint density at radius 1 is 0.407 bits per heavy atom. The average molecular weight is 739 g/mol. The van der Waals surface area contributed by atoms with Gasteiger partial charge in [0.1, 0.15) is 0 Å². The first-order chi connectivity index (χ1) is 25.6. The first-order valence-corrected chi connectivity index (χ1v) is 16.0. The molecule has 0 radical (unpaired) electrons. The van der Waals surface area contributed by atoms with Crippen molar-refractivity contribution in [3.63, 3.8) is 0 Å². The molecule has 0 fully saturated rings. The lowest BCUT2D eigenvalue weighted by atomic mass is 9.94. The average Bonchev–Trinajstić information content (AvgIpc) is 3.65. The van der Waals surface area contributed by atoms with E-state index in [0.29, 0.717) is 27.9 Å². The Morgan fingerprint density at radius 2 is 0.815 bits per heavy atom. The van der Waals surface area contributed by atoms with Gasteiger partial charge in [-0.2, -0.15) is 50.0 Å². The number of hydrogen-bond donors (Lipinski definition) is 0. The normalized spacial score (nSPS) is 12.5. The maximum Gasteiger partial charge on any atom is 0.416 e. The molecule has 0 unspecified atom stereocenters. The van der Waals surface area contributed by atoms with E-state index in [1.807, 2.05) is 0 Å². The van der Waals surface area contributed by atoms with Gasteiger partial charge in [-0.25, -0.2) is 0 Å². The molecule has 4 nitrogen and oxygen atoms in total. The molecule has 0 aliphatic carbocycles. The molecular formula is C41H19F9N4. The fraction of sp³-hybridized carbons (Fsp3) is 0.0732. The van der Waals surface area contributed by atoms with Gasteiger partial charge in [-0.3, -0.25) is 0 Å². The zero-order valence-electron chi connectivity index (χ0n) is 27.2. The second-order valence-electron chi connectivity index (χ2n) is 12.6. The molecule has 8 rings (SSSR count). The molecule has 54 heavy (non-hydrogen) atoms. The van der Waals surface area contributed by atoms with Crippen LogP contribution in [0.2, 0.25) is 0 Å². The Bertz CT molecular complexity index is 2780. The number of nitriles is 2. The van der Waals surface area contributed by atoms with Crippen LogP contribution in [0.15, 0.2) is 115 Å². The SMILES string of the molecule is N#Cc1cc(-c2c(-n3c4ccccc4c4cc(C(F)(F)F)ccc43)cc(C#N)cc2-n2c3ccccc3c3cc(C(F)(F)F)ccc32)cc(C(F)(F)F)c1. The zero-order valence-corrected chi connectivity index (χ0v) is 27.2. The summed E-state index contributed by atoms with van der Waals surface area (Å²) in [5.74, 6) is 0. The van der Waals surface area contributed by atoms with Crippen molar-refractivity contribution in [3.05, 3.63) is 143 Å². The molecule has 0 amide bonds. The van der Waals surface area contributed by atoms with Crippen molar-refractivity contribution in [1.29, 1.82) is 10.5 Å². The van der Waals surface area contributed by atoms with Crippen molar-refractivity contribution in [1.82, 2.24) is 9.13 Å². The number of hydrogen-bond acceptors (Lipinski definition) is 2. The predicted molar refractivity (Wildman–Crippen MR) is 185 cm³/mol. The van der Waals surface area contributed by atoms with Gasteiger partial charge in [-0.05, 0) is 84.4 Å². The molecule has 0 saturated heterocycles. The highest BCUT2D eigenvalue weighted by Gasteiger charge is 2.35. The topological polar surface area (TPSA) is 57.4 Å². The second kappa shape index (κ2) is 11.9. The van der Waals surface area contributed by atoms with Crippen LogP contribution in [-0.2, 0) is 18.5 Å². The molecule has 2 aromatic heterocycles. The molecule has 0 saturated carbocycles. The van der Waals surface area contributed by atoms with E-state index < -0.39 is 35.2 Å². The minimum Gasteiger partial charge on any atom is -0.308 e. The molecule has 0 atom stereocenters. The number of alkyl halides is 9. The number of nitrogens with zero attached hydrogens (tertiary/aromatic N) is 4. The molecule has 2 heterocycles. The van der Waals surface area contributed by atoms with Gasteiger partial charge in [0.05, 0.1) is 73.4 Å². The minimum atomic E-state index is -4.92. The van der Waals surface area contributed by atoms with E-state index in [0.717, 1.165) is 30.3 Å². The summed E-state index contributed by atoms with van der Waals surface area (Å²) in [5.41, 5.74) is -2.31. The van der Waals surface area contributed by atoms with Crippen LogP contribution in [0.3, 0.4) is 0 Å². The van der Waals surface area contributed by atoms with E-state index in [4.69, 9.17) is 0 Å². The summed E-state index contributed by atoms with van der Waals surface area (Å²) in [6.07, 6.45) is -14.3. The maximum absolute atomic E-state index is 14.4. The van der Waals surface area contributed by atoms with Gasteiger partial charge >= 0.3 is 18.5 Å². The predicted octanol–water partition coefficient (Wildman–Crippen LogP) is 12.3. The van der Waals surface area contributed by atoms with Crippen LogP contribution in [0, 0.1) is 22.7 Å². The highest BCUT2D eigenvalue weighted by Crippen LogP contribution is 2.45. The van der Waals surface area contributed by atoms with Crippen LogP contribution in [0.25, 0.3) is 66.1 Å². The third-order valence-electron chi connectivity index (χ3n) is 9.39. The molecular weight excluding hydrogens is 719 g/mol. The fourth-order valence-corrected chi connectivity index (χ4v) is 7.14. The third-order valence-corrected chi connectivity index (χ3v) is 9.39. The highest BCUT2D eigenvalue weighted by atomic mass is 19.4. The van der Waals surface area contributed by atoms with E-state index in [2.05, 4.69) is 6.07 Å². The molecule has 0 aliphatic heterocycles. The van der Waals surface area contributed by atoms with Crippen LogP contribution in [0.5, 0.6) is 0 Å². The standard InChI is InChI=1S/C41H19F9N4/c42-39(43,44)25-9-11-34-30(18-25)28-5-1-3-7-32(28)53(34)36-15-23(21-52)16-37(38(36)24-13-22(20-51)14-27(17-24)41(48,49)50)54-33-8-4-2-6-29(33)31-19-26(40(45,46)47)10-12-35(31)54/h1-19H. The molecule has 0 aliphatic rings. The van der Waals surface area contributed by atoms with Gasteiger partial charge in [0, 0.05) is 27.1 Å². The Hall–Kier alpha value is -6.73. The van der Waals surface area contributed by atoms with E-state index in [1.54, 1.807) is 54.6 Å². The largest absolute Gasteiger partial charge is 0.416 e.